The maximum Gasteiger partial charge on any atom is 0.188 e. The van der Waals surface area contributed by atoms with Gasteiger partial charge < -0.3 is 11.1 Å². The number of nitrogens with one attached hydrogen (secondary N) is 1. The normalized spacial score (nSPS) is 10.7. The number of thiocarbonyl (C=S) groups is 1. The molecule has 0 unspecified atom stereocenters. The molecular formula is C14H10BrN3S2. The van der Waals surface area contributed by atoms with Crippen LogP contribution in [-0.2, 0) is 0 Å². The van der Waals surface area contributed by atoms with Crippen LogP contribution in [0.4, 0.5) is 10.8 Å². The lowest BCUT2D eigenvalue weighted by Gasteiger charge is -2.07. The molecule has 0 radical (unpaired) electrons. The lowest BCUT2D eigenvalue weighted by molar-refractivity contribution is 1.43. The van der Waals surface area contributed by atoms with Crippen LogP contribution in [-0.4, -0.2) is 9.97 Å². The van der Waals surface area contributed by atoms with E-state index in [9.17, 15) is 0 Å². The van der Waals surface area contributed by atoms with E-state index in [1.165, 1.54) is 0 Å². The quantitative estimate of drug-likeness (QED) is 0.675. The molecule has 100 valence electrons. The third-order valence-electron chi connectivity index (χ3n) is 2.79. The van der Waals surface area contributed by atoms with Gasteiger partial charge in [0.15, 0.2) is 5.13 Å². The minimum Gasteiger partial charge on any atom is -0.389 e. The van der Waals surface area contributed by atoms with Crippen molar-refractivity contribution in [3.63, 3.8) is 0 Å². The first-order valence-electron chi connectivity index (χ1n) is 5.85. The number of aromatic nitrogens is 1. The summed E-state index contributed by atoms with van der Waals surface area (Å²) in [5.41, 5.74) is 8.38. The number of halogens is 1. The molecule has 0 bridgehead atoms. The van der Waals surface area contributed by atoms with Crippen LogP contribution in [0.5, 0.6) is 0 Å². The predicted octanol–water partition coefficient (Wildman–Crippen LogP) is 4.44. The number of para-hydroxylation sites is 1. The van der Waals surface area contributed by atoms with Gasteiger partial charge in [-0.25, -0.2) is 4.98 Å². The SMILES string of the molecule is NC(=S)c1ccc(Nc2nc3ccccc3s2)c(Br)c1. The molecule has 0 aliphatic rings. The van der Waals surface area contributed by atoms with Crippen LogP contribution in [0.1, 0.15) is 5.56 Å². The largest absolute Gasteiger partial charge is 0.389 e. The van der Waals surface area contributed by atoms with Crippen molar-refractivity contribution >= 4 is 65.5 Å². The van der Waals surface area contributed by atoms with E-state index in [1.54, 1.807) is 11.3 Å². The molecule has 3 rings (SSSR count). The Balaban J connectivity index is 1.92. The molecule has 0 saturated carbocycles. The van der Waals surface area contributed by atoms with E-state index in [1.807, 2.05) is 36.4 Å². The number of nitrogens with zero attached hydrogens (tertiary/aromatic N) is 1. The first-order valence-corrected chi connectivity index (χ1v) is 7.87. The summed E-state index contributed by atoms with van der Waals surface area (Å²) < 4.78 is 2.06. The Bertz CT molecular complexity index is 765. The maximum absolute atomic E-state index is 5.62. The highest BCUT2D eigenvalue weighted by Crippen LogP contribution is 2.31. The molecule has 3 N–H and O–H groups in total. The summed E-state index contributed by atoms with van der Waals surface area (Å²) in [5, 5.41) is 4.16. The van der Waals surface area contributed by atoms with Crippen molar-refractivity contribution in [2.75, 3.05) is 5.32 Å². The summed E-state index contributed by atoms with van der Waals surface area (Å²) in [6.07, 6.45) is 0. The van der Waals surface area contributed by atoms with E-state index < -0.39 is 0 Å². The Hall–Kier alpha value is -1.50. The fourth-order valence-corrected chi connectivity index (χ4v) is 3.29. The zero-order valence-electron chi connectivity index (χ0n) is 10.3. The van der Waals surface area contributed by atoms with E-state index in [4.69, 9.17) is 18.0 Å². The smallest absolute Gasteiger partial charge is 0.188 e. The molecule has 0 atom stereocenters. The van der Waals surface area contributed by atoms with Gasteiger partial charge in [-0.3, -0.25) is 0 Å². The molecule has 1 aromatic heterocycles. The number of nitrogens with two attached hydrogens (primary N) is 1. The molecule has 6 heteroatoms. The number of hydrogen-bond acceptors (Lipinski definition) is 4. The van der Waals surface area contributed by atoms with Gasteiger partial charge in [-0.1, -0.05) is 35.7 Å². The number of fused-ring (bicyclic) bond motifs is 1. The number of benzene rings is 2. The van der Waals surface area contributed by atoms with Crippen LogP contribution in [0.3, 0.4) is 0 Å². The third-order valence-corrected chi connectivity index (χ3v) is 4.63. The van der Waals surface area contributed by atoms with Crippen LogP contribution >= 0.6 is 39.5 Å². The van der Waals surface area contributed by atoms with Gasteiger partial charge in [0, 0.05) is 10.0 Å². The highest BCUT2D eigenvalue weighted by atomic mass is 79.9. The molecule has 0 spiro atoms. The first-order chi connectivity index (χ1) is 9.63. The summed E-state index contributed by atoms with van der Waals surface area (Å²) in [6, 6.07) is 13.8. The van der Waals surface area contributed by atoms with Gasteiger partial charge in [0.25, 0.3) is 0 Å². The summed E-state index contributed by atoms with van der Waals surface area (Å²) in [4.78, 5) is 4.93. The second kappa shape index (κ2) is 5.47. The van der Waals surface area contributed by atoms with Crippen LogP contribution in [0, 0.1) is 0 Å². The molecule has 0 amide bonds. The zero-order valence-corrected chi connectivity index (χ0v) is 13.5. The number of rotatable bonds is 3. The minimum absolute atomic E-state index is 0.386. The molecule has 2 aromatic carbocycles. The van der Waals surface area contributed by atoms with Crippen molar-refractivity contribution in [3.05, 3.63) is 52.5 Å². The second-order valence-electron chi connectivity index (χ2n) is 4.17. The Morgan fingerprint density at radius 2 is 2.05 bits per heavy atom. The second-order valence-corrected chi connectivity index (χ2v) is 6.50. The number of hydrogen-bond donors (Lipinski definition) is 2. The molecule has 20 heavy (non-hydrogen) atoms. The lowest BCUT2D eigenvalue weighted by Crippen LogP contribution is -2.09. The van der Waals surface area contributed by atoms with Crippen molar-refractivity contribution in [1.29, 1.82) is 0 Å². The summed E-state index contributed by atoms with van der Waals surface area (Å²) >= 11 is 10.1. The van der Waals surface area contributed by atoms with Crippen molar-refractivity contribution < 1.29 is 0 Å². The van der Waals surface area contributed by atoms with Gasteiger partial charge in [0.1, 0.15) is 4.99 Å². The van der Waals surface area contributed by atoms with Gasteiger partial charge in [0.2, 0.25) is 0 Å². The zero-order chi connectivity index (χ0) is 14.1. The fraction of sp³-hybridized carbons (Fsp3) is 0. The van der Waals surface area contributed by atoms with E-state index in [0.717, 1.165) is 31.1 Å². The van der Waals surface area contributed by atoms with Crippen LogP contribution < -0.4 is 11.1 Å². The van der Waals surface area contributed by atoms with Crippen molar-refractivity contribution in [2.45, 2.75) is 0 Å². The molecular weight excluding hydrogens is 354 g/mol. The predicted molar refractivity (Wildman–Crippen MR) is 92.9 cm³/mol. The summed E-state index contributed by atoms with van der Waals surface area (Å²) in [5.74, 6) is 0. The Morgan fingerprint density at radius 1 is 1.25 bits per heavy atom. The lowest BCUT2D eigenvalue weighted by atomic mass is 10.2. The van der Waals surface area contributed by atoms with Gasteiger partial charge in [0.05, 0.1) is 15.9 Å². The van der Waals surface area contributed by atoms with Crippen LogP contribution in [0.2, 0.25) is 0 Å². The van der Waals surface area contributed by atoms with Crippen molar-refractivity contribution in [1.82, 2.24) is 4.98 Å². The summed E-state index contributed by atoms with van der Waals surface area (Å²) in [7, 11) is 0. The maximum atomic E-state index is 5.62. The standard InChI is InChI=1S/C14H10BrN3S2/c15-9-7-8(13(16)19)5-6-10(9)17-14-18-11-3-1-2-4-12(11)20-14/h1-7H,(H2,16,19)(H,17,18). The Kier molecular flexibility index (Phi) is 3.69. The van der Waals surface area contributed by atoms with Gasteiger partial charge >= 0.3 is 0 Å². The average Bonchev–Trinajstić information content (AvgIpc) is 2.83. The molecule has 0 aliphatic carbocycles. The minimum atomic E-state index is 0.386. The molecule has 1 heterocycles. The first kappa shape index (κ1) is 13.5. The summed E-state index contributed by atoms with van der Waals surface area (Å²) in [6.45, 7) is 0. The van der Waals surface area contributed by atoms with Gasteiger partial charge in [-0.05, 0) is 46.3 Å². The Labute approximate surface area is 134 Å². The monoisotopic (exact) mass is 363 g/mol. The van der Waals surface area contributed by atoms with Crippen molar-refractivity contribution in [3.8, 4) is 0 Å². The van der Waals surface area contributed by atoms with E-state index in [-0.39, 0.29) is 0 Å². The Morgan fingerprint density at radius 3 is 2.75 bits per heavy atom. The van der Waals surface area contributed by atoms with E-state index in [0.29, 0.717) is 4.99 Å². The molecule has 0 aliphatic heterocycles. The van der Waals surface area contributed by atoms with Crippen molar-refractivity contribution in [2.24, 2.45) is 5.73 Å². The van der Waals surface area contributed by atoms with Gasteiger partial charge in [-0.15, -0.1) is 0 Å². The third kappa shape index (κ3) is 2.67. The fourth-order valence-electron chi connectivity index (χ4n) is 1.81. The van der Waals surface area contributed by atoms with Crippen LogP contribution in [0.25, 0.3) is 10.2 Å². The van der Waals surface area contributed by atoms with Gasteiger partial charge in [-0.2, -0.15) is 0 Å². The highest BCUT2D eigenvalue weighted by molar-refractivity contribution is 9.10. The number of anilines is 2. The number of thiazole rings is 1. The van der Waals surface area contributed by atoms with E-state index >= 15 is 0 Å². The highest BCUT2D eigenvalue weighted by Gasteiger charge is 2.07. The molecule has 0 saturated heterocycles. The topological polar surface area (TPSA) is 50.9 Å². The molecule has 0 fully saturated rings. The van der Waals surface area contributed by atoms with Crippen LogP contribution in [0.15, 0.2) is 46.9 Å². The van der Waals surface area contributed by atoms with E-state index in [2.05, 4.69) is 32.3 Å². The average molecular weight is 364 g/mol. The molecule has 3 nitrogen and oxygen atoms in total. The molecule has 3 aromatic rings.